The molecule has 0 spiro atoms. The molecule has 6 aliphatic rings. The topological polar surface area (TPSA) is 134 Å². The number of hydrogen-bond acceptors (Lipinski definition) is 4. The van der Waals surface area contributed by atoms with Gasteiger partial charge < -0.3 is 57.1 Å². The van der Waals surface area contributed by atoms with Crippen molar-refractivity contribution in [3.05, 3.63) is 29.2 Å². The molecule has 0 amide bonds. The zero-order valence-electron chi connectivity index (χ0n) is 64.2. The summed E-state index contributed by atoms with van der Waals surface area (Å²) in [6.07, 6.45) is 31.7. The average Bonchev–Trinajstić information content (AvgIpc) is 2.76. The zero-order chi connectivity index (χ0) is 66.1. The van der Waals surface area contributed by atoms with Crippen molar-refractivity contribution < 1.29 is 74.9 Å². The Hall–Kier alpha value is 3.11. The second-order valence-electron chi connectivity index (χ2n) is 31.6. The maximum atomic E-state index is 5.31. The molecule has 0 N–H and O–H groups in total. The van der Waals surface area contributed by atoms with E-state index in [4.69, 9.17) is 30.1 Å². The predicted molar refractivity (Wildman–Crippen MR) is 431 cm³/mol. The van der Waals surface area contributed by atoms with Gasteiger partial charge in [0.15, 0.2) is 0 Å². The monoisotopic (exact) mass is 1580 g/mol. The first-order valence-corrected chi connectivity index (χ1v) is 72.4. The van der Waals surface area contributed by atoms with Crippen LogP contribution in [0.2, 0.25) is 183 Å². The third kappa shape index (κ3) is 58.1. The Morgan fingerprint density at radius 2 is 0.477 bits per heavy atom. The Bertz CT molecular complexity index is 1430. The first kappa shape index (κ1) is 97.5. The molecule has 6 rings (SSSR count). The van der Waals surface area contributed by atoms with Crippen LogP contribution in [0.4, 0.5) is 0 Å². The summed E-state index contributed by atoms with van der Waals surface area (Å²) in [5.41, 5.74) is 0. The van der Waals surface area contributed by atoms with E-state index in [0.717, 1.165) is 38.3 Å². The molecule has 0 aromatic carbocycles. The summed E-state index contributed by atoms with van der Waals surface area (Å²) in [5, 5.41) is 10.6. The fraction of sp³-hybridized carbons (Fsp3) is 0.968. The molecule has 0 aromatic rings. The standard InChI is InChI=1S/2C19H40N3Si2.4C4H14NSi2.2C4H8O.2Y/c2*1-23(2,3)22(24(4,5)6)19(20-17-13-9-7-10-14-17)21-18-15-11-8-12-16-18;4*1-6(2)5-7(3)4;2*1-2-4-5-3-1;;/h2*17-18H,7-16H2,1-6H3;4*6-7H,1-4H3;2*1-4H2;;/q6*-1;;;2*+3. The van der Waals surface area contributed by atoms with E-state index in [1.54, 1.807) is 0 Å². The SMILES string of the molecule is C1CCOC1.C1CCOC1.C[SiH](C)[N-][SiH](C)C.C[SiH](C)[N-][SiH](C)C.C[SiH](C)[N-][SiH](C)C.C[SiH](C)[N-][SiH](C)C.C[Si](C)(C)N(C(=NC1CCCCC1)[N-]C1CCCCC1)[Si](C)(C)C.C[Si](C)(C)N(C(=NC1CCCCC1)[N-]C1CCCCC1)[Si](C)(C)C.[Y+3].[Y+3]. The van der Waals surface area contributed by atoms with Crippen LogP contribution in [0.5, 0.6) is 0 Å². The minimum atomic E-state index is -1.48. The van der Waals surface area contributed by atoms with Gasteiger partial charge in [0.1, 0.15) is 0 Å². The van der Waals surface area contributed by atoms with Gasteiger partial charge in [-0.3, -0.25) is 0 Å². The minimum Gasteiger partial charge on any atom is -0.672 e. The summed E-state index contributed by atoms with van der Waals surface area (Å²) in [4.78, 5) is 10.6. The zero-order valence-corrected chi connectivity index (χ0v) is 83.1. The molecule has 2 heterocycles. The average molecular weight is 1580 g/mol. The molecule has 0 aromatic heterocycles. The fourth-order valence-corrected chi connectivity index (χ4v) is 50.5. The largest absolute Gasteiger partial charge is 3.00 e. The summed E-state index contributed by atoms with van der Waals surface area (Å²) in [7, 11) is -10.3. The van der Waals surface area contributed by atoms with Crippen LogP contribution < -0.4 is 0 Å². The number of guanidine groups is 2. The van der Waals surface area contributed by atoms with E-state index in [1.165, 1.54) is 154 Å². The van der Waals surface area contributed by atoms with Gasteiger partial charge in [0, 0.05) is 38.3 Å². The van der Waals surface area contributed by atoms with Crippen molar-refractivity contribution in [1.82, 2.24) is 8.46 Å². The van der Waals surface area contributed by atoms with Crippen LogP contribution in [-0.4, -0.2) is 176 Å². The number of ether oxygens (including phenoxy) is 2. The van der Waals surface area contributed by atoms with Crippen LogP contribution in [0.25, 0.3) is 29.2 Å². The Morgan fingerprint density at radius 1 is 0.295 bits per heavy atom. The second kappa shape index (κ2) is 55.9. The van der Waals surface area contributed by atoms with E-state index in [2.05, 4.69) is 210 Å². The molecular formula is C62H152N10O2Si12Y2. The van der Waals surface area contributed by atoms with Crippen LogP contribution >= 0.6 is 0 Å². The van der Waals surface area contributed by atoms with Crippen molar-refractivity contribution in [2.24, 2.45) is 9.98 Å². The van der Waals surface area contributed by atoms with Crippen LogP contribution in [0.1, 0.15) is 154 Å². The van der Waals surface area contributed by atoms with Crippen molar-refractivity contribution in [2.75, 3.05) is 26.4 Å². The van der Waals surface area contributed by atoms with Gasteiger partial charge in [0.25, 0.3) is 0 Å². The second-order valence-corrected chi connectivity index (χ2v) is 73.9. The van der Waals surface area contributed by atoms with Gasteiger partial charge in [-0.1, -0.05) is 332 Å². The van der Waals surface area contributed by atoms with E-state index in [1.807, 2.05) is 0 Å². The van der Waals surface area contributed by atoms with Crippen LogP contribution in [-0.2, 0) is 74.9 Å². The third-order valence-corrected chi connectivity index (χ3v) is 47.9. The van der Waals surface area contributed by atoms with Gasteiger partial charge >= 0.3 is 65.4 Å². The van der Waals surface area contributed by atoms with Gasteiger partial charge in [-0.05, 0) is 101 Å². The molecular weight excluding hydrogens is 1430 g/mol. The molecule has 2 saturated heterocycles. The minimum absolute atomic E-state index is 0. The Balaban J connectivity index is -0.000000503. The van der Waals surface area contributed by atoms with E-state index >= 15 is 0 Å². The summed E-state index contributed by atoms with van der Waals surface area (Å²) < 4.78 is 33.6. The first-order chi connectivity index (χ1) is 39.9. The normalized spacial score (nSPS) is 18.5. The Morgan fingerprint density at radius 3 is 0.614 bits per heavy atom. The molecule has 0 bridgehead atoms. The number of aliphatic imine (C=N–C) groups is 2. The quantitative estimate of drug-likeness (QED) is 0.0864. The third-order valence-electron chi connectivity index (χ3n) is 14.6. The van der Waals surface area contributed by atoms with E-state index in [9.17, 15) is 0 Å². The van der Waals surface area contributed by atoms with Crippen molar-refractivity contribution in [1.29, 1.82) is 0 Å². The van der Waals surface area contributed by atoms with E-state index in [-0.39, 0.29) is 65.4 Å². The molecule has 6 fully saturated rings. The van der Waals surface area contributed by atoms with Crippen LogP contribution in [0.15, 0.2) is 9.98 Å². The van der Waals surface area contributed by atoms with Crippen molar-refractivity contribution in [2.45, 2.75) is 362 Å². The smallest absolute Gasteiger partial charge is 0.672 e. The van der Waals surface area contributed by atoms with E-state index in [0.29, 0.717) is 24.2 Å². The molecule has 4 aliphatic carbocycles. The number of hydrogen-bond donors (Lipinski definition) is 0. The molecule has 0 radical (unpaired) electrons. The first-order valence-electron chi connectivity index (χ1n) is 36.0. The number of rotatable bonds is 16. The molecule has 516 valence electrons. The number of nitrogens with zero attached hydrogens (tertiary/aromatic N) is 10. The molecule has 0 atom stereocenters. The van der Waals surface area contributed by atoms with Crippen molar-refractivity contribution in [3.8, 4) is 0 Å². The van der Waals surface area contributed by atoms with Crippen LogP contribution in [0, 0.1) is 0 Å². The van der Waals surface area contributed by atoms with Gasteiger partial charge in [0.2, 0.25) is 0 Å². The molecule has 4 saturated carbocycles. The Kier molecular flexibility index (Phi) is 62.0. The van der Waals surface area contributed by atoms with E-state index < -0.39 is 105 Å². The van der Waals surface area contributed by atoms with Gasteiger partial charge in [-0.25, -0.2) is 0 Å². The summed E-state index contributed by atoms with van der Waals surface area (Å²) in [6.45, 7) is 70.0. The van der Waals surface area contributed by atoms with Gasteiger partial charge in [0.05, 0.1) is 32.9 Å². The molecule has 26 heteroatoms. The predicted octanol–water partition coefficient (Wildman–Crippen LogP) is 19.6. The molecule has 12 nitrogen and oxygen atoms in total. The maximum absolute atomic E-state index is 5.31. The molecule has 88 heavy (non-hydrogen) atoms. The summed E-state index contributed by atoms with van der Waals surface area (Å²) in [5.74, 6) is 2.32. The summed E-state index contributed by atoms with van der Waals surface area (Å²) in [6, 6.07) is 2.10. The fourth-order valence-electron chi connectivity index (χ4n) is 12.4. The molecule has 0 unspecified atom stereocenters. The van der Waals surface area contributed by atoms with Crippen LogP contribution in [0.3, 0.4) is 0 Å². The Labute approximate surface area is 620 Å². The summed E-state index contributed by atoms with van der Waals surface area (Å²) >= 11 is 0. The van der Waals surface area contributed by atoms with Gasteiger partial charge in [-0.2, -0.15) is 0 Å². The maximum Gasteiger partial charge on any atom is 3.00 e. The molecule has 2 aliphatic heterocycles. The van der Waals surface area contributed by atoms with Crippen molar-refractivity contribution in [3.63, 3.8) is 0 Å². The van der Waals surface area contributed by atoms with Crippen molar-refractivity contribution >= 4 is 117 Å². The van der Waals surface area contributed by atoms with Gasteiger partial charge in [-0.15, -0.1) is 0 Å².